The van der Waals surface area contributed by atoms with E-state index in [9.17, 15) is 14.4 Å². The first-order valence-electron chi connectivity index (χ1n) is 7.00. The first-order valence-corrected chi connectivity index (χ1v) is 7.00. The standard InChI is InChI=1S/C16H22N2O4/c1-10(18-15(21)22-16(2,3)4)13(19)11-7-6-8-12(9-11)14(20)17-5/h6-10H,1-5H3,(H,17,20)(H,18,21). The molecule has 6 heteroatoms. The molecule has 22 heavy (non-hydrogen) atoms. The van der Waals surface area contributed by atoms with E-state index in [1.54, 1.807) is 45.9 Å². The fourth-order valence-electron chi connectivity index (χ4n) is 1.76. The van der Waals surface area contributed by atoms with E-state index in [0.29, 0.717) is 11.1 Å². The van der Waals surface area contributed by atoms with Crippen molar-refractivity contribution in [3.63, 3.8) is 0 Å². The van der Waals surface area contributed by atoms with Crippen molar-refractivity contribution < 1.29 is 19.1 Å². The zero-order valence-electron chi connectivity index (χ0n) is 13.5. The van der Waals surface area contributed by atoms with Crippen molar-refractivity contribution in [2.75, 3.05) is 7.05 Å². The van der Waals surface area contributed by atoms with Crippen molar-refractivity contribution in [1.29, 1.82) is 0 Å². The third kappa shape index (κ3) is 5.20. The van der Waals surface area contributed by atoms with Crippen LogP contribution in [0, 0.1) is 0 Å². The van der Waals surface area contributed by atoms with E-state index >= 15 is 0 Å². The molecule has 2 amide bonds. The molecule has 0 aromatic heterocycles. The number of rotatable bonds is 4. The Balaban J connectivity index is 2.79. The van der Waals surface area contributed by atoms with Crippen molar-refractivity contribution in [1.82, 2.24) is 10.6 Å². The van der Waals surface area contributed by atoms with Crippen LogP contribution in [0.15, 0.2) is 24.3 Å². The van der Waals surface area contributed by atoms with Crippen LogP contribution in [-0.2, 0) is 4.74 Å². The number of alkyl carbamates (subject to hydrolysis) is 1. The van der Waals surface area contributed by atoms with Crippen LogP contribution in [0.4, 0.5) is 4.79 Å². The zero-order valence-corrected chi connectivity index (χ0v) is 13.5. The number of amides is 2. The molecule has 1 aromatic carbocycles. The minimum absolute atomic E-state index is 0.276. The van der Waals surface area contributed by atoms with Gasteiger partial charge in [0.2, 0.25) is 0 Å². The summed E-state index contributed by atoms with van der Waals surface area (Å²) in [7, 11) is 1.52. The number of hydrogen-bond donors (Lipinski definition) is 2. The molecule has 1 aromatic rings. The summed E-state index contributed by atoms with van der Waals surface area (Å²) in [6.07, 6.45) is -0.657. The van der Waals surface area contributed by atoms with Gasteiger partial charge >= 0.3 is 6.09 Å². The summed E-state index contributed by atoms with van der Waals surface area (Å²) in [6, 6.07) is 5.57. The van der Waals surface area contributed by atoms with Crippen LogP contribution in [0.1, 0.15) is 48.4 Å². The Morgan fingerprint density at radius 2 is 1.73 bits per heavy atom. The maximum absolute atomic E-state index is 12.3. The second-order valence-electron chi connectivity index (χ2n) is 5.89. The predicted molar refractivity (Wildman–Crippen MR) is 83.0 cm³/mol. The predicted octanol–water partition coefficient (Wildman–Crippen LogP) is 2.14. The third-order valence-corrected chi connectivity index (χ3v) is 2.76. The normalized spacial score (nSPS) is 12.2. The maximum Gasteiger partial charge on any atom is 0.408 e. The lowest BCUT2D eigenvalue weighted by Crippen LogP contribution is -2.41. The quantitative estimate of drug-likeness (QED) is 0.835. The lowest BCUT2D eigenvalue weighted by molar-refractivity contribution is 0.0496. The van der Waals surface area contributed by atoms with Gasteiger partial charge in [0, 0.05) is 18.2 Å². The second-order valence-corrected chi connectivity index (χ2v) is 5.89. The van der Waals surface area contributed by atoms with Crippen molar-refractivity contribution in [3.8, 4) is 0 Å². The van der Waals surface area contributed by atoms with E-state index < -0.39 is 17.7 Å². The fraction of sp³-hybridized carbons (Fsp3) is 0.438. The topological polar surface area (TPSA) is 84.5 Å². The lowest BCUT2D eigenvalue weighted by Gasteiger charge is -2.21. The number of benzene rings is 1. The van der Waals surface area contributed by atoms with Gasteiger partial charge in [0.15, 0.2) is 5.78 Å². The monoisotopic (exact) mass is 306 g/mol. The summed E-state index contributed by atoms with van der Waals surface area (Å²) in [6.45, 7) is 6.79. The van der Waals surface area contributed by atoms with Crippen LogP contribution in [0.25, 0.3) is 0 Å². The third-order valence-electron chi connectivity index (χ3n) is 2.76. The molecule has 0 aliphatic carbocycles. The Morgan fingerprint density at radius 1 is 1.14 bits per heavy atom. The summed E-state index contributed by atoms with van der Waals surface area (Å²) in [5.74, 6) is -0.570. The van der Waals surface area contributed by atoms with Gasteiger partial charge in [-0.05, 0) is 39.8 Å². The maximum atomic E-state index is 12.3. The molecular weight excluding hydrogens is 284 g/mol. The van der Waals surface area contributed by atoms with E-state index in [1.165, 1.54) is 13.1 Å². The number of hydrogen-bond acceptors (Lipinski definition) is 4. The zero-order chi connectivity index (χ0) is 16.9. The van der Waals surface area contributed by atoms with Gasteiger partial charge in [-0.25, -0.2) is 4.79 Å². The van der Waals surface area contributed by atoms with Crippen molar-refractivity contribution in [3.05, 3.63) is 35.4 Å². The van der Waals surface area contributed by atoms with E-state index in [4.69, 9.17) is 4.74 Å². The van der Waals surface area contributed by atoms with Gasteiger partial charge in [-0.1, -0.05) is 12.1 Å². The summed E-state index contributed by atoms with van der Waals surface area (Å²) < 4.78 is 5.11. The first kappa shape index (κ1) is 17.7. The van der Waals surface area contributed by atoms with Crippen molar-refractivity contribution in [2.45, 2.75) is 39.3 Å². The van der Waals surface area contributed by atoms with Crippen LogP contribution in [0.2, 0.25) is 0 Å². The van der Waals surface area contributed by atoms with Crippen LogP contribution >= 0.6 is 0 Å². The van der Waals surface area contributed by atoms with Gasteiger partial charge in [-0.3, -0.25) is 9.59 Å². The molecule has 0 saturated heterocycles. The second kappa shape index (κ2) is 7.06. The smallest absolute Gasteiger partial charge is 0.408 e. The molecule has 0 bridgehead atoms. The lowest BCUT2D eigenvalue weighted by atomic mass is 10.0. The average Bonchev–Trinajstić information content (AvgIpc) is 2.43. The Morgan fingerprint density at radius 3 is 2.27 bits per heavy atom. The summed E-state index contributed by atoms with van der Waals surface area (Å²) in [5.41, 5.74) is 0.105. The summed E-state index contributed by atoms with van der Waals surface area (Å²) in [4.78, 5) is 35.6. The molecule has 2 N–H and O–H groups in total. The molecule has 0 saturated carbocycles. The minimum atomic E-state index is -0.755. The van der Waals surface area contributed by atoms with Crippen molar-refractivity contribution >= 4 is 17.8 Å². The molecule has 0 heterocycles. The van der Waals surface area contributed by atoms with Gasteiger partial charge in [0.05, 0.1) is 6.04 Å². The number of carbonyl (C=O) groups excluding carboxylic acids is 3. The molecule has 0 radical (unpaired) electrons. The number of ether oxygens (including phenoxy) is 1. The molecule has 6 nitrogen and oxygen atoms in total. The highest BCUT2D eigenvalue weighted by molar-refractivity contribution is 6.03. The van der Waals surface area contributed by atoms with Crippen LogP contribution in [-0.4, -0.2) is 36.5 Å². The van der Waals surface area contributed by atoms with Gasteiger partial charge in [0.25, 0.3) is 5.91 Å². The van der Waals surface area contributed by atoms with Crippen LogP contribution in [0.5, 0.6) is 0 Å². The molecule has 0 fully saturated rings. The van der Waals surface area contributed by atoms with Crippen molar-refractivity contribution in [2.24, 2.45) is 0 Å². The molecule has 0 spiro atoms. The molecule has 1 atom stereocenters. The molecule has 0 aliphatic rings. The molecule has 120 valence electrons. The van der Waals surface area contributed by atoms with Gasteiger partial charge in [0.1, 0.15) is 5.60 Å². The highest BCUT2D eigenvalue weighted by Crippen LogP contribution is 2.10. The summed E-state index contributed by atoms with van der Waals surface area (Å²) in [5, 5.41) is 4.98. The Bertz CT molecular complexity index is 576. The molecule has 0 aliphatic heterocycles. The van der Waals surface area contributed by atoms with E-state index in [-0.39, 0.29) is 11.7 Å². The fourth-order valence-corrected chi connectivity index (χ4v) is 1.76. The van der Waals surface area contributed by atoms with Gasteiger partial charge in [-0.2, -0.15) is 0 Å². The molecule has 1 rings (SSSR count). The average molecular weight is 306 g/mol. The minimum Gasteiger partial charge on any atom is -0.444 e. The van der Waals surface area contributed by atoms with E-state index in [2.05, 4.69) is 10.6 Å². The van der Waals surface area contributed by atoms with Crippen LogP contribution < -0.4 is 10.6 Å². The largest absolute Gasteiger partial charge is 0.444 e. The van der Waals surface area contributed by atoms with Crippen LogP contribution in [0.3, 0.4) is 0 Å². The Hall–Kier alpha value is -2.37. The number of Topliss-reactive ketones (excluding diaryl/α,β-unsaturated/α-hetero) is 1. The number of carbonyl (C=O) groups is 3. The SMILES string of the molecule is CNC(=O)c1cccc(C(=O)C(C)NC(=O)OC(C)(C)C)c1. The van der Waals surface area contributed by atoms with Gasteiger partial charge in [-0.15, -0.1) is 0 Å². The number of ketones is 1. The van der Waals surface area contributed by atoms with E-state index in [1.807, 2.05) is 0 Å². The number of nitrogens with one attached hydrogen (secondary N) is 2. The highest BCUT2D eigenvalue weighted by atomic mass is 16.6. The Kier molecular flexibility index (Phi) is 5.68. The van der Waals surface area contributed by atoms with Gasteiger partial charge < -0.3 is 15.4 Å². The van der Waals surface area contributed by atoms with E-state index in [0.717, 1.165) is 0 Å². The first-order chi connectivity index (χ1) is 10.1. The Labute approximate surface area is 130 Å². The summed E-state index contributed by atoms with van der Waals surface area (Å²) >= 11 is 0. The molecular formula is C16H22N2O4. The molecule has 1 unspecified atom stereocenters. The highest BCUT2D eigenvalue weighted by Gasteiger charge is 2.22.